The van der Waals surface area contributed by atoms with Crippen molar-refractivity contribution < 1.29 is 19.0 Å². The molecule has 1 aromatic rings. The first kappa shape index (κ1) is 15.6. The lowest BCUT2D eigenvalue weighted by Crippen LogP contribution is -2.12. The molecule has 1 aromatic carbocycles. The van der Waals surface area contributed by atoms with Gasteiger partial charge < -0.3 is 14.2 Å². The maximum Gasteiger partial charge on any atom is 0.349 e. The molecule has 0 atom stereocenters. The Morgan fingerprint density at radius 2 is 2.00 bits per heavy atom. The lowest BCUT2D eigenvalue weighted by Gasteiger charge is -2.09. The van der Waals surface area contributed by atoms with Crippen molar-refractivity contribution in [3.8, 4) is 17.6 Å². The minimum absolute atomic E-state index is 0.0924. The van der Waals surface area contributed by atoms with E-state index in [-0.39, 0.29) is 11.7 Å². The number of methoxy groups -OCH3 is 2. The molecule has 0 aromatic heterocycles. The molecule has 0 unspecified atom stereocenters. The molecule has 106 valence electrons. The highest BCUT2D eigenvalue weighted by Crippen LogP contribution is 2.26. The summed E-state index contributed by atoms with van der Waals surface area (Å²) in [6.07, 6.45) is 1.14. The summed E-state index contributed by atoms with van der Waals surface area (Å²) in [6.45, 7) is 3.44. The van der Waals surface area contributed by atoms with Crippen molar-refractivity contribution in [2.75, 3.05) is 14.2 Å². The summed E-state index contributed by atoms with van der Waals surface area (Å²) in [4.78, 5) is 11.8. The van der Waals surface area contributed by atoms with Crippen LogP contribution in [-0.4, -0.2) is 26.3 Å². The smallest absolute Gasteiger partial charge is 0.349 e. The van der Waals surface area contributed by atoms with Gasteiger partial charge in [0.1, 0.15) is 23.1 Å². The number of carbonyl (C=O) groups excluding carboxylic acids is 1. The van der Waals surface area contributed by atoms with E-state index in [1.54, 1.807) is 32.0 Å². The van der Waals surface area contributed by atoms with E-state index in [9.17, 15) is 4.79 Å². The van der Waals surface area contributed by atoms with Crippen LogP contribution in [0.4, 0.5) is 0 Å². The van der Waals surface area contributed by atoms with E-state index in [1.165, 1.54) is 20.3 Å². The number of nitriles is 1. The monoisotopic (exact) mass is 275 g/mol. The van der Waals surface area contributed by atoms with E-state index in [0.717, 1.165) is 0 Å². The quantitative estimate of drug-likeness (QED) is 0.469. The van der Waals surface area contributed by atoms with E-state index >= 15 is 0 Å². The van der Waals surface area contributed by atoms with Crippen LogP contribution >= 0.6 is 0 Å². The molecular formula is C15H17NO4. The molecular weight excluding hydrogens is 258 g/mol. The average molecular weight is 275 g/mol. The molecule has 5 heteroatoms. The average Bonchev–Trinajstić information content (AvgIpc) is 2.43. The second-order valence-electron chi connectivity index (χ2n) is 4.23. The molecule has 1 rings (SSSR count). The van der Waals surface area contributed by atoms with E-state index in [2.05, 4.69) is 0 Å². The molecule has 0 heterocycles. The van der Waals surface area contributed by atoms with Gasteiger partial charge in [0.25, 0.3) is 0 Å². The predicted molar refractivity (Wildman–Crippen MR) is 74.4 cm³/mol. The largest absolute Gasteiger partial charge is 0.497 e. The third kappa shape index (κ3) is 4.02. The molecule has 20 heavy (non-hydrogen) atoms. The van der Waals surface area contributed by atoms with Gasteiger partial charge in [-0.2, -0.15) is 5.26 Å². The first-order valence-electron chi connectivity index (χ1n) is 6.06. The van der Waals surface area contributed by atoms with Gasteiger partial charge in [0.15, 0.2) is 0 Å². The molecule has 0 aliphatic heterocycles. The summed E-state index contributed by atoms with van der Waals surface area (Å²) in [5, 5.41) is 9.07. The molecule has 0 N–H and O–H groups in total. The lowest BCUT2D eigenvalue weighted by molar-refractivity contribution is -0.142. The van der Waals surface area contributed by atoms with Crippen molar-refractivity contribution in [3.63, 3.8) is 0 Å². The van der Waals surface area contributed by atoms with Gasteiger partial charge in [-0.1, -0.05) is 0 Å². The van der Waals surface area contributed by atoms with Gasteiger partial charge in [0.2, 0.25) is 0 Å². The number of hydrogen-bond donors (Lipinski definition) is 0. The van der Waals surface area contributed by atoms with Crippen LogP contribution < -0.4 is 9.47 Å². The number of carbonyl (C=O) groups is 1. The van der Waals surface area contributed by atoms with E-state index in [1.807, 2.05) is 6.07 Å². The van der Waals surface area contributed by atoms with Crippen LogP contribution in [0.1, 0.15) is 19.4 Å². The Bertz CT molecular complexity index is 555. The maximum absolute atomic E-state index is 11.8. The Labute approximate surface area is 118 Å². The van der Waals surface area contributed by atoms with Crippen LogP contribution in [0.25, 0.3) is 6.08 Å². The molecule has 0 aliphatic rings. The zero-order chi connectivity index (χ0) is 15.1. The van der Waals surface area contributed by atoms with Crippen molar-refractivity contribution in [3.05, 3.63) is 29.3 Å². The third-order valence-electron chi connectivity index (χ3n) is 2.42. The fourth-order valence-corrected chi connectivity index (χ4v) is 1.52. The van der Waals surface area contributed by atoms with Crippen LogP contribution in [0.5, 0.6) is 11.5 Å². The van der Waals surface area contributed by atoms with Gasteiger partial charge in [-0.05, 0) is 38.1 Å². The SMILES string of the molecule is COc1ccc(OC)c(/C=C(\C#N)C(=O)OC(C)C)c1. The Morgan fingerprint density at radius 1 is 1.30 bits per heavy atom. The molecule has 0 spiro atoms. The number of esters is 1. The molecule has 0 amide bonds. The van der Waals surface area contributed by atoms with Crippen molar-refractivity contribution in [2.45, 2.75) is 20.0 Å². The molecule has 0 aliphatic carbocycles. The van der Waals surface area contributed by atoms with Crippen molar-refractivity contribution in [1.82, 2.24) is 0 Å². The molecule has 0 bridgehead atoms. The summed E-state index contributed by atoms with van der Waals surface area (Å²) < 4.78 is 15.3. The highest BCUT2D eigenvalue weighted by molar-refractivity contribution is 5.98. The van der Waals surface area contributed by atoms with Gasteiger partial charge in [0.05, 0.1) is 20.3 Å². The van der Waals surface area contributed by atoms with Crippen LogP contribution in [-0.2, 0) is 9.53 Å². The number of ether oxygens (including phenoxy) is 3. The van der Waals surface area contributed by atoms with Gasteiger partial charge in [-0.15, -0.1) is 0 Å². The van der Waals surface area contributed by atoms with Crippen LogP contribution in [0, 0.1) is 11.3 Å². The van der Waals surface area contributed by atoms with Crippen LogP contribution in [0.2, 0.25) is 0 Å². The number of hydrogen-bond acceptors (Lipinski definition) is 5. The third-order valence-corrected chi connectivity index (χ3v) is 2.42. The Hall–Kier alpha value is -2.48. The molecule has 5 nitrogen and oxygen atoms in total. The molecule has 0 fully saturated rings. The summed E-state index contributed by atoms with van der Waals surface area (Å²) >= 11 is 0. The van der Waals surface area contributed by atoms with Crippen LogP contribution in [0.15, 0.2) is 23.8 Å². The van der Waals surface area contributed by atoms with Crippen LogP contribution in [0.3, 0.4) is 0 Å². The highest BCUT2D eigenvalue weighted by Gasteiger charge is 2.14. The summed E-state index contributed by atoms with van der Waals surface area (Å²) in [5.74, 6) is 0.481. The van der Waals surface area contributed by atoms with Gasteiger partial charge in [0, 0.05) is 5.56 Å². The zero-order valence-corrected chi connectivity index (χ0v) is 12.0. The summed E-state index contributed by atoms with van der Waals surface area (Å²) in [7, 11) is 3.05. The topological polar surface area (TPSA) is 68.5 Å². The lowest BCUT2D eigenvalue weighted by atomic mass is 10.1. The molecule has 0 saturated carbocycles. The first-order chi connectivity index (χ1) is 9.51. The minimum Gasteiger partial charge on any atom is -0.497 e. The fraction of sp³-hybridized carbons (Fsp3) is 0.333. The number of nitrogens with zero attached hydrogens (tertiary/aromatic N) is 1. The van der Waals surface area contributed by atoms with Crippen molar-refractivity contribution in [1.29, 1.82) is 5.26 Å². The second-order valence-corrected chi connectivity index (χ2v) is 4.23. The highest BCUT2D eigenvalue weighted by atomic mass is 16.5. The number of rotatable bonds is 5. The van der Waals surface area contributed by atoms with E-state index in [4.69, 9.17) is 19.5 Å². The first-order valence-corrected chi connectivity index (χ1v) is 6.06. The fourth-order valence-electron chi connectivity index (χ4n) is 1.52. The summed E-state index contributed by atoms with van der Waals surface area (Å²) in [6, 6.07) is 6.95. The Kier molecular flexibility index (Phi) is 5.60. The standard InChI is InChI=1S/C15H17NO4/c1-10(2)20-15(17)12(9-16)7-11-8-13(18-3)5-6-14(11)19-4/h5-8,10H,1-4H3/b12-7+. The molecule has 0 saturated heterocycles. The van der Waals surface area contributed by atoms with Gasteiger partial charge in [-0.3, -0.25) is 0 Å². The number of benzene rings is 1. The zero-order valence-electron chi connectivity index (χ0n) is 12.0. The van der Waals surface area contributed by atoms with Gasteiger partial charge >= 0.3 is 5.97 Å². The van der Waals surface area contributed by atoms with Crippen molar-refractivity contribution in [2.24, 2.45) is 0 Å². The Morgan fingerprint density at radius 3 is 2.50 bits per heavy atom. The Balaban J connectivity index is 3.18. The summed E-state index contributed by atoms with van der Waals surface area (Å²) in [5.41, 5.74) is 0.481. The predicted octanol–water partition coefficient (Wildman–Crippen LogP) is 2.56. The van der Waals surface area contributed by atoms with E-state index < -0.39 is 5.97 Å². The van der Waals surface area contributed by atoms with Crippen molar-refractivity contribution >= 4 is 12.0 Å². The molecule has 0 radical (unpaired) electrons. The van der Waals surface area contributed by atoms with Gasteiger partial charge in [-0.25, -0.2) is 4.79 Å². The maximum atomic E-state index is 11.8. The van der Waals surface area contributed by atoms with E-state index in [0.29, 0.717) is 17.1 Å². The second kappa shape index (κ2) is 7.19. The minimum atomic E-state index is -0.660. The normalized spacial score (nSPS) is 10.9.